The molecule has 0 amide bonds. The van der Waals surface area contributed by atoms with Gasteiger partial charge < -0.3 is 42.8 Å². The van der Waals surface area contributed by atoms with Crippen molar-refractivity contribution in [3.05, 3.63) is 24.3 Å². The summed E-state index contributed by atoms with van der Waals surface area (Å²) in [6.45, 7) is 16.5. The van der Waals surface area contributed by atoms with Crippen LogP contribution in [0.3, 0.4) is 0 Å². The molecule has 0 aromatic heterocycles. The molecule has 12 nitrogen and oxygen atoms in total. The highest BCUT2D eigenvalue weighted by Crippen LogP contribution is 2.13. The molecular formula is C54H101NO11. The first-order valence-electron chi connectivity index (χ1n) is 26.9. The third-order valence-corrected chi connectivity index (χ3v) is 11.4. The molecule has 0 radical (unpaired) electrons. The molecule has 0 aliphatic carbocycles. The Morgan fingerprint density at radius 3 is 1.47 bits per heavy atom. The van der Waals surface area contributed by atoms with E-state index in [1.165, 1.54) is 89.9 Å². The lowest BCUT2D eigenvalue weighted by Gasteiger charge is -2.20. The summed E-state index contributed by atoms with van der Waals surface area (Å²) in [5.41, 5.74) is 0. The monoisotopic (exact) mass is 940 g/mol. The number of carbonyl (C=O) groups is 3. The van der Waals surface area contributed by atoms with E-state index in [1.54, 1.807) is 0 Å². The largest absolute Gasteiger partial charge is 0.508 e. The van der Waals surface area contributed by atoms with Gasteiger partial charge in [0.1, 0.15) is 19.8 Å². The van der Waals surface area contributed by atoms with Gasteiger partial charge in [0.25, 0.3) is 0 Å². The van der Waals surface area contributed by atoms with Crippen molar-refractivity contribution in [3.8, 4) is 0 Å². The van der Waals surface area contributed by atoms with Crippen LogP contribution in [0.1, 0.15) is 208 Å². The van der Waals surface area contributed by atoms with Crippen molar-refractivity contribution in [1.82, 2.24) is 4.90 Å². The van der Waals surface area contributed by atoms with Crippen LogP contribution < -0.4 is 0 Å². The lowest BCUT2D eigenvalue weighted by atomic mass is 10.1. The van der Waals surface area contributed by atoms with Crippen molar-refractivity contribution in [2.75, 3.05) is 85.7 Å². The van der Waals surface area contributed by atoms with Crippen LogP contribution in [-0.4, -0.2) is 115 Å². The molecule has 1 unspecified atom stereocenters. The van der Waals surface area contributed by atoms with E-state index < -0.39 is 24.3 Å². The summed E-state index contributed by atoms with van der Waals surface area (Å²) in [7, 11) is 0. The van der Waals surface area contributed by atoms with Gasteiger partial charge in [0.2, 0.25) is 0 Å². The number of hydrogen-bond donors (Lipinski definition) is 0. The lowest BCUT2D eigenvalue weighted by Crippen LogP contribution is -2.28. The van der Waals surface area contributed by atoms with Gasteiger partial charge in [0.05, 0.1) is 45.4 Å². The minimum absolute atomic E-state index is 0.0477. The molecule has 0 fully saturated rings. The number of unbranched alkanes of at least 4 members (excludes halogenated alkanes) is 18. The molecule has 0 aromatic rings. The quantitative estimate of drug-likeness (QED) is 0.0189. The Morgan fingerprint density at radius 2 is 0.909 bits per heavy atom. The molecule has 1 atom stereocenters. The number of rotatable bonds is 51. The summed E-state index contributed by atoms with van der Waals surface area (Å²) >= 11 is 0. The second-order valence-corrected chi connectivity index (χ2v) is 17.5. The molecule has 0 heterocycles. The molecule has 0 bridgehead atoms. The van der Waals surface area contributed by atoms with Crippen LogP contribution in [0.5, 0.6) is 0 Å². The van der Waals surface area contributed by atoms with Gasteiger partial charge in [-0.3, -0.25) is 9.59 Å². The van der Waals surface area contributed by atoms with Crippen LogP contribution in [-0.2, 0) is 47.5 Å². The number of allylic oxidation sites excluding steroid dienone is 4. The standard InChI is InChI=1S/C54H101NO11/c1-6-11-14-17-20-21-22-23-24-25-26-27-28-29-32-36-51(56)64-47-50(49-66-54(58)63-42-35-39-55(9-4)10-5)48-65-52(57)37-38-53(61-45-43-59-40-33-30-18-15-12-7-2)62-46-44-60-41-34-31-19-16-13-8-3/h20-21,23-24,50,53H,6-19,22,25-49H2,1-5H3/b21-20-,24-23-. The van der Waals surface area contributed by atoms with Crippen LogP contribution in [0.2, 0.25) is 0 Å². The zero-order valence-corrected chi connectivity index (χ0v) is 43.2. The van der Waals surface area contributed by atoms with Crippen LogP contribution in [0.25, 0.3) is 0 Å². The van der Waals surface area contributed by atoms with E-state index in [4.69, 9.17) is 37.9 Å². The summed E-state index contributed by atoms with van der Waals surface area (Å²) < 4.78 is 45.5. The van der Waals surface area contributed by atoms with E-state index in [1.807, 2.05) is 0 Å². The van der Waals surface area contributed by atoms with Crippen molar-refractivity contribution in [3.63, 3.8) is 0 Å². The van der Waals surface area contributed by atoms with E-state index in [0.717, 1.165) is 77.4 Å². The molecule has 0 rings (SSSR count). The summed E-state index contributed by atoms with van der Waals surface area (Å²) in [5, 5.41) is 0. The number of nitrogens with zero attached hydrogens (tertiary/aromatic N) is 1. The highest BCUT2D eigenvalue weighted by atomic mass is 16.7. The van der Waals surface area contributed by atoms with E-state index >= 15 is 0 Å². The second kappa shape index (κ2) is 51.9. The average Bonchev–Trinajstić information content (AvgIpc) is 3.32. The molecule has 0 aromatic carbocycles. The van der Waals surface area contributed by atoms with Gasteiger partial charge in [0.15, 0.2) is 6.29 Å². The molecule has 0 aliphatic rings. The average molecular weight is 940 g/mol. The molecule has 0 N–H and O–H groups in total. The highest BCUT2D eigenvalue weighted by Gasteiger charge is 2.20. The Kier molecular flexibility index (Phi) is 49.9. The lowest BCUT2D eigenvalue weighted by molar-refractivity contribution is -0.168. The Labute approximate surface area is 404 Å². The molecule has 0 aliphatic heterocycles. The number of hydrogen-bond acceptors (Lipinski definition) is 12. The molecule has 0 saturated carbocycles. The summed E-state index contributed by atoms with van der Waals surface area (Å²) in [6, 6.07) is 0. The molecule has 12 heteroatoms. The van der Waals surface area contributed by atoms with Crippen molar-refractivity contribution in [2.24, 2.45) is 5.92 Å². The second-order valence-electron chi connectivity index (χ2n) is 17.5. The van der Waals surface area contributed by atoms with Crippen LogP contribution in [0.15, 0.2) is 24.3 Å². The number of ether oxygens (including phenoxy) is 8. The van der Waals surface area contributed by atoms with Crippen LogP contribution in [0.4, 0.5) is 4.79 Å². The predicted molar refractivity (Wildman–Crippen MR) is 268 cm³/mol. The van der Waals surface area contributed by atoms with E-state index in [2.05, 4.69) is 63.8 Å². The predicted octanol–water partition coefficient (Wildman–Crippen LogP) is 13.3. The molecule has 66 heavy (non-hydrogen) atoms. The Bertz CT molecular complexity index is 1090. The normalized spacial score (nSPS) is 12.2. The minimum Gasteiger partial charge on any atom is -0.465 e. The molecule has 388 valence electrons. The summed E-state index contributed by atoms with van der Waals surface area (Å²) in [6.07, 6.45) is 35.6. The van der Waals surface area contributed by atoms with Gasteiger partial charge in [-0.05, 0) is 70.9 Å². The van der Waals surface area contributed by atoms with Gasteiger partial charge in [-0.15, -0.1) is 0 Å². The van der Waals surface area contributed by atoms with Crippen molar-refractivity contribution in [2.45, 2.75) is 214 Å². The zero-order chi connectivity index (χ0) is 48.2. The Morgan fingerprint density at radius 1 is 0.439 bits per heavy atom. The first kappa shape index (κ1) is 63.5. The smallest absolute Gasteiger partial charge is 0.465 e. The molecular weight excluding hydrogens is 839 g/mol. The van der Waals surface area contributed by atoms with E-state index in [-0.39, 0.29) is 45.2 Å². The van der Waals surface area contributed by atoms with Gasteiger partial charge in [-0.1, -0.05) is 155 Å². The van der Waals surface area contributed by atoms with Crippen LogP contribution in [0, 0.1) is 5.92 Å². The number of esters is 2. The number of carbonyl (C=O) groups excluding carboxylic acids is 3. The van der Waals surface area contributed by atoms with Crippen molar-refractivity contribution < 1.29 is 52.3 Å². The van der Waals surface area contributed by atoms with Gasteiger partial charge >= 0.3 is 18.1 Å². The van der Waals surface area contributed by atoms with Crippen LogP contribution >= 0.6 is 0 Å². The maximum atomic E-state index is 13.0. The summed E-state index contributed by atoms with van der Waals surface area (Å²) in [4.78, 5) is 40.4. The minimum atomic E-state index is -0.800. The SMILES string of the molecule is CCCCC/C=C\C/C=C\CCCCCCCC(=O)OCC(COC(=O)CCC(OCCOCCCCCCCC)OCCOCCCCCCCC)COC(=O)OCCCN(CC)CC. The maximum absolute atomic E-state index is 13.0. The highest BCUT2D eigenvalue weighted by molar-refractivity contribution is 5.69. The first-order valence-corrected chi connectivity index (χ1v) is 26.9. The summed E-state index contributed by atoms with van der Waals surface area (Å²) in [5.74, 6) is -1.33. The van der Waals surface area contributed by atoms with Crippen molar-refractivity contribution >= 4 is 18.1 Å². The fourth-order valence-corrected chi connectivity index (χ4v) is 7.10. The Balaban J connectivity index is 4.93. The van der Waals surface area contributed by atoms with Gasteiger partial charge in [-0.2, -0.15) is 0 Å². The fourth-order valence-electron chi connectivity index (χ4n) is 7.10. The van der Waals surface area contributed by atoms with Gasteiger partial charge in [-0.25, -0.2) is 4.79 Å². The first-order chi connectivity index (χ1) is 32.4. The molecule has 0 saturated heterocycles. The topological polar surface area (TPSA) is 128 Å². The molecule has 0 spiro atoms. The maximum Gasteiger partial charge on any atom is 0.508 e. The fraction of sp³-hybridized carbons (Fsp3) is 0.870. The van der Waals surface area contributed by atoms with E-state index in [9.17, 15) is 14.4 Å². The third kappa shape index (κ3) is 46.6. The van der Waals surface area contributed by atoms with E-state index in [0.29, 0.717) is 52.5 Å². The third-order valence-electron chi connectivity index (χ3n) is 11.4. The van der Waals surface area contributed by atoms with Crippen molar-refractivity contribution in [1.29, 1.82) is 0 Å². The zero-order valence-electron chi connectivity index (χ0n) is 43.2. The van der Waals surface area contributed by atoms with Gasteiger partial charge in [0, 0.05) is 32.6 Å². The Hall–Kier alpha value is -2.51.